The Morgan fingerprint density at radius 2 is 1.69 bits per heavy atom. The molecule has 8 nitrogen and oxygen atoms in total. The molecule has 0 amide bonds. The molecule has 3 aromatic rings. The highest BCUT2D eigenvalue weighted by Crippen LogP contribution is 2.42. The van der Waals surface area contributed by atoms with Crippen molar-refractivity contribution in [2.24, 2.45) is 0 Å². The summed E-state index contributed by atoms with van der Waals surface area (Å²) in [5, 5.41) is 0.166. The van der Waals surface area contributed by atoms with Crippen molar-refractivity contribution < 1.29 is 33.3 Å². The summed E-state index contributed by atoms with van der Waals surface area (Å²) in [4.78, 5) is 29.9. The number of benzene rings is 2. The first-order chi connectivity index (χ1) is 18.7. The van der Waals surface area contributed by atoms with Crippen molar-refractivity contribution in [2.75, 3.05) is 34.0 Å². The second kappa shape index (κ2) is 12.5. The summed E-state index contributed by atoms with van der Waals surface area (Å²) in [6.07, 6.45) is 0.0337. The third kappa shape index (κ3) is 6.88. The van der Waals surface area contributed by atoms with E-state index in [1.54, 1.807) is 31.4 Å². The average molecular weight is 554 g/mol. The number of hydrogen-bond acceptors (Lipinski definition) is 8. The van der Waals surface area contributed by atoms with Gasteiger partial charge in [0.25, 0.3) is 0 Å². The van der Waals surface area contributed by atoms with Crippen molar-refractivity contribution in [2.45, 2.75) is 38.7 Å². The van der Waals surface area contributed by atoms with Gasteiger partial charge in [0.2, 0.25) is 0 Å². The zero-order chi connectivity index (χ0) is 28.0. The van der Waals surface area contributed by atoms with Gasteiger partial charge >= 0.3 is 0 Å². The van der Waals surface area contributed by atoms with Crippen LogP contribution < -0.4 is 18.9 Å². The Balaban J connectivity index is 1.28. The van der Waals surface area contributed by atoms with Crippen LogP contribution in [-0.2, 0) is 16.8 Å². The molecule has 1 aliphatic heterocycles. The molecule has 0 unspecified atom stereocenters. The molecule has 0 bridgehead atoms. The lowest BCUT2D eigenvalue weighted by Gasteiger charge is -2.15. The van der Waals surface area contributed by atoms with E-state index in [9.17, 15) is 9.59 Å². The molecule has 0 radical (unpaired) electrons. The van der Waals surface area contributed by atoms with Crippen LogP contribution in [-0.4, -0.2) is 50.6 Å². The summed E-state index contributed by atoms with van der Waals surface area (Å²) >= 11 is 6.25. The van der Waals surface area contributed by atoms with Crippen molar-refractivity contribution in [3.63, 3.8) is 0 Å². The number of ketones is 2. The molecule has 39 heavy (non-hydrogen) atoms. The molecule has 4 rings (SSSR count). The summed E-state index contributed by atoms with van der Waals surface area (Å²) in [7, 11) is 3.14. The highest BCUT2D eigenvalue weighted by Gasteiger charge is 2.35. The minimum atomic E-state index is -0.268. The van der Waals surface area contributed by atoms with E-state index in [0.717, 1.165) is 16.9 Å². The Hall–Kier alpha value is -3.62. The molecular formula is C30H32ClNO7. The highest BCUT2D eigenvalue weighted by molar-refractivity contribution is 6.31. The Bertz CT molecular complexity index is 1340. The third-order valence-electron chi connectivity index (χ3n) is 6.50. The van der Waals surface area contributed by atoms with E-state index in [1.165, 1.54) is 7.11 Å². The van der Waals surface area contributed by atoms with Crippen molar-refractivity contribution in [1.82, 2.24) is 4.98 Å². The van der Waals surface area contributed by atoms with Crippen molar-refractivity contribution in [1.29, 1.82) is 0 Å². The molecule has 0 atom stereocenters. The lowest BCUT2D eigenvalue weighted by molar-refractivity contribution is 0.0878. The number of carbonyl (C=O) groups is 2. The maximum absolute atomic E-state index is 12.8. The van der Waals surface area contributed by atoms with Crippen molar-refractivity contribution in [3.8, 4) is 23.0 Å². The highest BCUT2D eigenvalue weighted by atomic mass is 35.5. The molecule has 0 fully saturated rings. The van der Waals surface area contributed by atoms with Crippen molar-refractivity contribution >= 4 is 23.2 Å². The van der Waals surface area contributed by atoms with Gasteiger partial charge in [-0.05, 0) is 42.0 Å². The Morgan fingerprint density at radius 1 is 0.949 bits per heavy atom. The van der Waals surface area contributed by atoms with E-state index in [4.69, 9.17) is 35.3 Å². The van der Waals surface area contributed by atoms with E-state index >= 15 is 0 Å². The van der Waals surface area contributed by atoms with Gasteiger partial charge in [0, 0.05) is 29.4 Å². The van der Waals surface area contributed by atoms with Gasteiger partial charge in [0.15, 0.2) is 34.0 Å². The van der Waals surface area contributed by atoms with E-state index in [0.29, 0.717) is 49.2 Å². The van der Waals surface area contributed by atoms with Crippen LogP contribution in [0.25, 0.3) is 0 Å². The van der Waals surface area contributed by atoms with Gasteiger partial charge in [-0.3, -0.25) is 9.59 Å². The third-order valence-corrected chi connectivity index (χ3v) is 6.76. The molecule has 0 saturated carbocycles. The molecule has 2 heterocycles. The minimum Gasteiger partial charge on any atom is -0.497 e. The summed E-state index contributed by atoms with van der Waals surface area (Å²) in [6, 6.07) is 14.3. The maximum atomic E-state index is 12.8. The molecule has 0 aliphatic carbocycles. The quantitative estimate of drug-likeness (QED) is 0.147. The molecule has 0 spiro atoms. The topological polar surface area (TPSA) is 93.2 Å². The fourth-order valence-electron chi connectivity index (χ4n) is 4.20. The minimum absolute atomic E-state index is 0.00827. The van der Waals surface area contributed by atoms with Gasteiger partial charge in [-0.2, -0.15) is 0 Å². The Kier molecular flexibility index (Phi) is 9.09. The summed E-state index contributed by atoms with van der Waals surface area (Å²) in [6.45, 7) is 5.65. The van der Waals surface area contributed by atoms with Crippen LogP contribution in [0.1, 0.15) is 58.7 Å². The van der Waals surface area contributed by atoms with Gasteiger partial charge < -0.3 is 23.7 Å². The van der Waals surface area contributed by atoms with E-state index in [1.807, 2.05) is 38.1 Å². The molecule has 0 N–H and O–H groups in total. The fourth-order valence-corrected chi connectivity index (χ4v) is 4.44. The number of Topliss-reactive ketones (excluding diaryl/α,β-unsaturated/α-hetero) is 2. The molecule has 1 aliphatic rings. The first-order valence-corrected chi connectivity index (χ1v) is 13.0. The second-order valence-corrected chi connectivity index (χ2v) is 10.2. The number of carbonyl (C=O) groups excluding carboxylic acids is 2. The van der Waals surface area contributed by atoms with Crippen LogP contribution >= 0.6 is 11.6 Å². The summed E-state index contributed by atoms with van der Waals surface area (Å²) in [5.74, 6) is 1.80. The largest absolute Gasteiger partial charge is 0.497 e. The van der Waals surface area contributed by atoms with E-state index in [-0.39, 0.29) is 40.7 Å². The van der Waals surface area contributed by atoms with Gasteiger partial charge in [-0.25, -0.2) is 4.98 Å². The molecule has 206 valence electrons. The number of rotatable bonds is 13. The van der Waals surface area contributed by atoms with Crippen LogP contribution in [0.3, 0.4) is 0 Å². The van der Waals surface area contributed by atoms with E-state index < -0.39 is 0 Å². The van der Waals surface area contributed by atoms with Crippen LogP contribution in [0, 0.1) is 0 Å². The number of methoxy groups -OCH3 is 2. The smallest absolute Gasteiger partial charge is 0.181 e. The number of aromatic nitrogens is 1. The average Bonchev–Trinajstić information content (AvgIpc) is 3.26. The van der Waals surface area contributed by atoms with Gasteiger partial charge in [0.05, 0.1) is 34.0 Å². The first kappa shape index (κ1) is 28.4. The summed E-state index contributed by atoms with van der Waals surface area (Å²) < 4.78 is 27.7. The molecule has 0 saturated heterocycles. The lowest BCUT2D eigenvalue weighted by Crippen LogP contribution is -2.18. The van der Waals surface area contributed by atoms with Crippen LogP contribution in [0.2, 0.25) is 5.15 Å². The van der Waals surface area contributed by atoms with E-state index in [2.05, 4.69) is 4.98 Å². The van der Waals surface area contributed by atoms with Crippen molar-refractivity contribution in [3.05, 3.63) is 76.1 Å². The van der Waals surface area contributed by atoms with Gasteiger partial charge in [-0.15, -0.1) is 0 Å². The van der Waals surface area contributed by atoms with Gasteiger partial charge in [0.1, 0.15) is 18.1 Å². The van der Waals surface area contributed by atoms with Crippen LogP contribution in [0.5, 0.6) is 23.0 Å². The monoisotopic (exact) mass is 553 g/mol. The number of hydrogen-bond donors (Lipinski definition) is 0. The molecule has 9 heteroatoms. The number of ether oxygens (including phenoxy) is 5. The SMILES string of the molecule is COc1ccc(COCCOc2ccc(C(=O)CCC(=O)c3cc4c(c(Cl)n3)OCC4(C)C)cc2OC)cc1. The zero-order valence-corrected chi connectivity index (χ0v) is 23.3. The van der Waals surface area contributed by atoms with Crippen LogP contribution in [0.15, 0.2) is 48.5 Å². The number of halogens is 1. The fraction of sp³-hybridized carbons (Fsp3) is 0.367. The Morgan fingerprint density at radius 3 is 2.41 bits per heavy atom. The second-order valence-electron chi connectivity index (χ2n) is 9.81. The van der Waals surface area contributed by atoms with Gasteiger partial charge in [-0.1, -0.05) is 37.6 Å². The predicted octanol–water partition coefficient (Wildman–Crippen LogP) is 5.86. The zero-order valence-electron chi connectivity index (χ0n) is 22.5. The standard InChI is InChI=1S/C30H32ClNO7/c1-30(2)18-39-28-22(30)16-23(32-29(28)31)25(34)11-10-24(33)20-7-12-26(27(15-20)36-4)38-14-13-37-17-19-5-8-21(35-3)9-6-19/h5-9,12,15-16H,10-11,13-14,17-18H2,1-4H3. The molecule has 1 aromatic heterocycles. The lowest BCUT2D eigenvalue weighted by atomic mass is 9.87. The van der Waals surface area contributed by atoms with Crippen LogP contribution in [0.4, 0.5) is 0 Å². The predicted molar refractivity (Wildman–Crippen MR) is 147 cm³/mol. The number of fused-ring (bicyclic) bond motifs is 1. The maximum Gasteiger partial charge on any atom is 0.181 e. The normalized spacial score (nSPS) is 13.4. The molecular weight excluding hydrogens is 522 g/mol. The number of nitrogens with zero attached hydrogens (tertiary/aromatic N) is 1. The first-order valence-electron chi connectivity index (χ1n) is 12.6. The number of pyridine rings is 1. The molecule has 2 aromatic carbocycles. The summed E-state index contributed by atoms with van der Waals surface area (Å²) in [5.41, 5.74) is 2.28. The Labute approximate surface area is 233 Å².